The normalized spacial score (nSPS) is 16.0. The molecule has 0 spiro atoms. The van der Waals surface area contributed by atoms with Crippen LogP contribution in [-0.4, -0.2) is 23.2 Å². The number of hydrogen-bond donors (Lipinski definition) is 1. The Morgan fingerprint density at radius 1 is 1.04 bits per heavy atom. The number of nitrogens with zero attached hydrogens (tertiary/aromatic N) is 2. The zero-order valence-corrected chi connectivity index (χ0v) is 13.2. The lowest BCUT2D eigenvalue weighted by Gasteiger charge is -2.21. The van der Waals surface area contributed by atoms with E-state index in [2.05, 4.69) is 39.7 Å². The Morgan fingerprint density at radius 3 is 2.78 bits per heavy atom. The van der Waals surface area contributed by atoms with E-state index in [9.17, 15) is 0 Å². The fraction of sp³-hybridized carbons (Fsp3) is 0.368. The first-order valence-electron chi connectivity index (χ1n) is 8.41. The zero-order chi connectivity index (χ0) is 15.5. The molecule has 2 aromatic carbocycles. The Hall–Kier alpha value is -2.20. The monoisotopic (exact) mass is 307 g/mol. The maximum Gasteiger partial charge on any atom is 0.226 e. The molecule has 4 rings (SSSR count). The Kier molecular flexibility index (Phi) is 4.07. The predicted octanol–water partition coefficient (Wildman–Crippen LogP) is 3.82. The Labute approximate surface area is 135 Å². The van der Waals surface area contributed by atoms with Crippen molar-refractivity contribution in [2.24, 2.45) is 5.92 Å². The minimum absolute atomic E-state index is 0.696. The summed E-state index contributed by atoms with van der Waals surface area (Å²) in [6.07, 6.45) is 4.52. The highest BCUT2D eigenvalue weighted by molar-refractivity contribution is 5.94. The highest BCUT2D eigenvalue weighted by atomic mass is 16.5. The van der Waals surface area contributed by atoms with Crippen molar-refractivity contribution in [1.82, 2.24) is 15.5 Å². The van der Waals surface area contributed by atoms with Gasteiger partial charge in [0.05, 0.1) is 0 Å². The van der Waals surface area contributed by atoms with Crippen LogP contribution in [0.2, 0.25) is 0 Å². The maximum absolute atomic E-state index is 5.48. The number of hydrogen-bond acceptors (Lipinski definition) is 4. The van der Waals surface area contributed by atoms with Crippen LogP contribution >= 0.6 is 0 Å². The zero-order valence-electron chi connectivity index (χ0n) is 13.2. The molecule has 1 aromatic heterocycles. The molecule has 1 aliphatic heterocycles. The van der Waals surface area contributed by atoms with Crippen molar-refractivity contribution in [3.63, 3.8) is 0 Å². The Morgan fingerprint density at radius 2 is 1.87 bits per heavy atom. The highest BCUT2D eigenvalue weighted by Crippen LogP contribution is 2.27. The average molecular weight is 307 g/mol. The van der Waals surface area contributed by atoms with Gasteiger partial charge in [0.15, 0.2) is 0 Å². The number of aryl methyl sites for hydroxylation is 1. The van der Waals surface area contributed by atoms with Gasteiger partial charge in [0.2, 0.25) is 11.7 Å². The minimum atomic E-state index is 0.696. The molecule has 1 N–H and O–H groups in total. The standard InChI is InChI=1S/C19H21N3O/c1-2-6-16-15(4-1)5-3-7-17(16)19-21-18(23-22-19)9-8-14-10-12-20-13-11-14/h1-7,14,20H,8-13H2. The van der Waals surface area contributed by atoms with Crippen molar-refractivity contribution in [2.45, 2.75) is 25.7 Å². The first-order valence-corrected chi connectivity index (χ1v) is 8.41. The lowest BCUT2D eigenvalue weighted by molar-refractivity contribution is 0.324. The van der Waals surface area contributed by atoms with E-state index in [0.717, 1.165) is 43.3 Å². The van der Waals surface area contributed by atoms with Gasteiger partial charge in [-0.15, -0.1) is 0 Å². The van der Waals surface area contributed by atoms with Crippen molar-refractivity contribution in [3.8, 4) is 11.4 Å². The van der Waals surface area contributed by atoms with E-state index in [-0.39, 0.29) is 0 Å². The molecule has 0 amide bonds. The Balaban J connectivity index is 1.52. The lowest BCUT2D eigenvalue weighted by atomic mass is 9.93. The SMILES string of the molecule is c1ccc2c(-c3noc(CCC4CCNCC4)n3)cccc2c1. The summed E-state index contributed by atoms with van der Waals surface area (Å²) in [4.78, 5) is 4.62. The summed E-state index contributed by atoms with van der Waals surface area (Å²) in [5.41, 5.74) is 1.04. The van der Waals surface area contributed by atoms with Crippen LogP contribution in [0.3, 0.4) is 0 Å². The molecule has 0 aliphatic carbocycles. The van der Waals surface area contributed by atoms with Crippen LogP contribution in [0, 0.1) is 5.92 Å². The van der Waals surface area contributed by atoms with Crippen LogP contribution in [0.15, 0.2) is 47.0 Å². The highest BCUT2D eigenvalue weighted by Gasteiger charge is 2.16. The molecule has 4 nitrogen and oxygen atoms in total. The fourth-order valence-electron chi connectivity index (χ4n) is 3.38. The second-order valence-electron chi connectivity index (χ2n) is 6.27. The van der Waals surface area contributed by atoms with E-state index in [1.54, 1.807) is 0 Å². The van der Waals surface area contributed by atoms with E-state index in [0.29, 0.717) is 5.82 Å². The molecule has 1 saturated heterocycles. The van der Waals surface area contributed by atoms with Crippen LogP contribution in [0.25, 0.3) is 22.2 Å². The van der Waals surface area contributed by atoms with E-state index in [4.69, 9.17) is 4.52 Å². The molecule has 3 aromatic rings. The van der Waals surface area contributed by atoms with Gasteiger partial charge in [0.25, 0.3) is 0 Å². The lowest BCUT2D eigenvalue weighted by Crippen LogP contribution is -2.27. The fourth-order valence-corrected chi connectivity index (χ4v) is 3.38. The van der Waals surface area contributed by atoms with Gasteiger partial charge in [-0.1, -0.05) is 47.6 Å². The molecule has 23 heavy (non-hydrogen) atoms. The van der Waals surface area contributed by atoms with Gasteiger partial charge >= 0.3 is 0 Å². The Bertz CT molecular complexity index is 785. The van der Waals surface area contributed by atoms with Crippen LogP contribution < -0.4 is 5.32 Å². The van der Waals surface area contributed by atoms with Crippen molar-refractivity contribution >= 4 is 10.8 Å². The summed E-state index contributed by atoms with van der Waals surface area (Å²) >= 11 is 0. The molecule has 0 radical (unpaired) electrons. The summed E-state index contributed by atoms with van der Waals surface area (Å²) in [6, 6.07) is 14.5. The molecule has 0 saturated carbocycles. The van der Waals surface area contributed by atoms with Gasteiger partial charge in [-0.3, -0.25) is 0 Å². The van der Waals surface area contributed by atoms with Gasteiger partial charge in [-0.2, -0.15) is 4.98 Å². The van der Waals surface area contributed by atoms with Crippen LogP contribution in [0.5, 0.6) is 0 Å². The van der Waals surface area contributed by atoms with Crippen LogP contribution in [0.1, 0.15) is 25.2 Å². The second kappa shape index (κ2) is 6.50. The molecule has 4 heteroatoms. The molecule has 0 unspecified atom stereocenters. The summed E-state index contributed by atoms with van der Waals surface area (Å²) in [5.74, 6) is 2.23. The maximum atomic E-state index is 5.48. The first kappa shape index (κ1) is 14.4. The van der Waals surface area contributed by atoms with Gasteiger partial charge in [-0.05, 0) is 49.0 Å². The summed E-state index contributed by atoms with van der Waals surface area (Å²) < 4.78 is 5.48. The molecule has 1 fully saturated rings. The third-order valence-electron chi connectivity index (χ3n) is 4.72. The minimum Gasteiger partial charge on any atom is -0.339 e. The average Bonchev–Trinajstić information content (AvgIpc) is 3.09. The summed E-state index contributed by atoms with van der Waals surface area (Å²) in [5, 5.41) is 9.97. The van der Waals surface area contributed by atoms with Gasteiger partial charge in [0, 0.05) is 12.0 Å². The van der Waals surface area contributed by atoms with E-state index in [1.165, 1.54) is 23.6 Å². The molecule has 0 atom stereocenters. The third-order valence-corrected chi connectivity index (χ3v) is 4.72. The van der Waals surface area contributed by atoms with E-state index >= 15 is 0 Å². The summed E-state index contributed by atoms with van der Waals surface area (Å²) in [7, 11) is 0. The second-order valence-corrected chi connectivity index (χ2v) is 6.27. The molecular weight excluding hydrogens is 286 g/mol. The topological polar surface area (TPSA) is 51.0 Å². The number of piperidine rings is 1. The van der Waals surface area contributed by atoms with E-state index < -0.39 is 0 Å². The van der Waals surface area contributed by atoms with E-state index in [1.807, 2.05) is 18.2 Å². The number of nitrogens with one attached hydrogen (secondary N) is 1. The van der Waals surface area contributed by atoms with Gasteiger partial charge in [0.1, 0.15) is 0 Å². The molecule has 118 valence electrons. The van der Waals surface area contributed by atoms with Crippen molar-refractivity contribution in [2.75, 3.05) is 13.1 Å². The predicted molar refractivity (Wildman–Crippen MR) is 91.2 cm³/mol. The number of fused-ring (bicyclic) bond motifs is 1. The summed E-state index contributed by atoms with van der Waals surface area (Å²) in [6.45, 7) is 2.27. The molecule has 2 heterocycles. The van der Waals surface area contributed by atoms with Crippen molar-refractivity contribution in [1.29, 1.82) is 0 Å². The molecule has 1 aliphatic rings. The van der Waals surface area contributed by atoms with Crippen molar-refractivity contribution < 1.29 is 4.52 Å². The van der Waals surface area contributed by atoms with Crippen LogP contribution in [0.4, 0.5) is 0 Å². The number of benzene rings is 2. The quantitative estimate of drug-likeness (QED) is 0.796. The molecular formula is C19H21N3O. The number of rotatable bonds is 4. The van der Waals surface area contributed by atoms with Crippen LogP contribution in [-0.2, 0) is 6.42 Å². The van der Waals surface area contributed by atoms with Crippen molar-refractivity contribution in [3.05, 3.63) is 48.4 Å². The third kappa shape index (κ3) is 3.13. The van der Waals surface area contributed by atoms with Gasteiger partial charge in [-0.25, -0.2) is 0 Å². The first-order chi connectivity index (χ1) is 11.4. The molecule has 0 bridgehead atoms. The van der Waals surface area contributed by atoms with Gasteiger partial charge < -0.3 is 9.84 Å². The number of aromatic nitrogens is 2. The smallest absolute Gasteiger partial charge is 0.226 e. The largest absolute Gasteiger partial charge is 0.339 e.